The van der Waals surface area contributed by atoms with Crippen molar-refractivity contribution in [3.63, 3.8) is 0 Å². The zero-order chi connectivity index (χ0) is 23.8. The Labute approximate surface area is 193 Å². The second-order valence-corrected chi connectivity index (χ2v) is 7.96. The van der Waals surface area contributed by atoms with Gasteiger partial charge in [0.2, 0.25) is 0 Å². The number of H-pyrrole nitrogens is 2. The van der Waals surface area contributed by atoms with Crippen LogP contribution in [0.4, 0.5) is 0 Å². The van der Waals surface area contributed by atoms with Crippen molar-refractivity contribution in [1.29, 1.82) is 0 Å². The minimum absolute atomic E-state index is 0.0288. The van der Waals surface area contributed by atoms with E-state index in [4.69, 9.17) is 4.74 Å². The monoisotopic (exact) mass is 454 g/mol. The van der Waals surface area contributed by atoms with Gasteiger partial charge in [-0.15, -0.1) is 0 Å². The molecule has 0 amide bonds. The summed E-state index contributed by atoms with van der Waals surface area (Å²) in [4.78, 5) is 32.1. The van der Waals surface area contributed by atoms with E-state index in [2.05, 4.69) is 9.97 Å². The lowest BCUT2D eigenvalue weighted by Gasteiger charge is -2.21. The van der Waals surface area contributed by atoms with Crippen molar-refractivity contribution in [1.82, 2.24) is 9.97 Å². The van der Waals surface area contributed by atoms with Gasteiger partial charge in [-0.1, -0.05) is 36.4 Å². The van der Waals surface area contributed by atoms with E-state index in [0.717, 1.165) is 0 Å². The van der Waals surface area contributed by atoms with Gasteiger partial charge in [0.05, 0.1) is 34.7 Å². The topological polar surface area (TPSA) is 115 Å². The molecular formula is C27H22N2O5. The lowest BCUT2D eigenvalue weighted by molar-refractivity contribution is 0.340. The third-order valence-corrected chi connectivity index (χ3v) is 5.96. The molecule has 0 spiro atoms. The number of para-hydroxylation sites is 2. The molecule has 2 aromatic heterocycles. The molecule has 0 radical (unpaired) electrons. The second-order valence-electron chi connectivity index (χ2n) is 7.96. The molecule has 3 aromatic carbocycles. The van der Waals surface area contributed by atoms with Crippen molar-refractivity contribution in [3.8, 4) is 17.2 Å². The zero-order valence-corrected chi connectivity index (χ0v) is 18.3. The maximum atomic E-state index is 13.3. The summed E-state index contributed by atoms with van der Waals surface area (Å²) in [5, 5.41) is 23.3. The van der Waals surface area contributed by atoms with E-state index in [-0.39, 0.29) is 22.6 Å². The van der Waals surface area contributed by atoms with Gasteiger partial charge in [0.1, 0.15) is 17.2 Å². The van der Waals surface area contributed by atoms with Gasteiger partial charge >= 0.3 is 0 Å². The average molecular weight is 454 g/mol. The third-order valence-electron chi connectivity index (χ3n) is 5.96. The van der Waals surface area contributed by atoms with Crippen LogP contribution in [0.1, 0.15) is 29.5 Å². The Bertz CT molecular complexity index is 1530. The van der Waals surface area contributed by atoms with Crippen LogP contribution in [0, 0.1) is 0 Å². The summed E-state index contributed by atoms with van der Waals surface area (Å²) in [6.07, 6.45) is 0. The van der Waals surface area contributed by atoms with Crippen LogP contribution >= 0.6 is 0 Å². The van der Waals surface area contributed by atoms with E-state index >= 15 is 0 Å². The third kappa shape index (κ3) is 3.47. The number of fused-ring (bicyclic) bond motifs is 2. The fraction of sp³-hybridized carbons (Fsp3) is 0.111. The maximum Gasteiger partial charge on any atom is 0.256 e. The largest absolute Gasteiger partial charge is 0.507 e. The van der Waals surface area contributed by atoms with Gasteiger partial charge in [0, 0.05) is 10.8 Å². The van der Waals surface area contributed by atoms with Gasteiger partial charge in [-0.05, 0) is 48.9 Å². The number of aromatic hydroxyl groups is 2. The first-order valence-electron chi connectivity index (χ1n) is 10.9. The molecule has 0 atom stereocenters. The van der Waals surface area contributed by atoms with Crippen molar-refractivity contribution in [2.75, 3.05) is 6.61 Å². The average Bonchev–Trinajstić information content (AvgIpc) is 2.84. The molecule has 0 saturated carbocycles. The van der Waals surface area contributed by atoms with Gasteiger partial charge < -0.3 is 24.9 Å². The molecule has 7 heteroatoms. The number of rotatable bonds is 5. The van der Waals surface area contributed by atoms with E-state index < -0.39 is 17.0 Å². The first kappa shape index (κ1) is 21.3. The van der Waals surface area contributed by atoms with Crippen molar-refractivity contribution >= 4 is 21.8 Å². The number of hydrogen-bond acceptors (Lipinski definition) is 5. The lowest BCUT2D eigenvalue weighted by Crippen LogP contribution is -2.24. The summed E-state index contributed by atoms with van der Waals surface area (Å²) in [7, 11) is 0. The smallest absolute Gasteiger partial charge is 0.256 e. The molecule has 5 aromatic rings. The molecule has 0 aliphatic carbocycles. The quantitative estimate of drug-likeness (QED) is 0.315. The lowest BCUT2D eigenvalue weighted by atomic mass is 9.84. The highest BCUT2D eigenvalue weighted by Gasteiger charge is 2.30. The van der Waals surface area contributed by atoms with Gasteiger partial charge in [-0.3, -0.25) is 9.59 Å². The summed E-state index contributed by atoms with van der Waals surface area (Å²) in [5.41, 5.74) is 0.309. The summed E-state index contributed by atoms with van der Waals surface area (Å²) in [5.74, 6) is -0.911. The van der Waals surface area contributed by atoms with Gasteiger partial charge in [-0.2, -0.15) is 0 Å². The predicted molar refractivity (Wildman–Crippen MR) is 131 cm³/mol. The molecule has 2 heterocycles. The number of nitrogens with one attached hydrogen (secondary N) is 2. The van der Waals surface area contributed by atoms with Crippen molar-refractivity contribution in [3.05, 3.63) is 110 Å². The highest BCUT2D eigenvalue weighted by atomic mass is 16.5. The maximum absolute atomic E-state index is 13.3. The molecule has 34 heavy (non-hydrogen) atoms. The van der Waals surface area contributed by atoms with Gasteiger partial charge in [0.15, 0.2) is 0 Å². The number of benzene rings is 3. The molecule has 0 fully saturated rings. The minimum atomic E-state index is -1.04. The van der Waals surface area contributed by atoms with Crippen molar-refractivity contribution in [2.24, 2.45) is 0 Å². The number of pyridine rings is 2. The van der Waals surface area contributed by atoms with E-state index in [1.165, 1.54) is 0 Å². The molecule has 0 unspecified atom stereocenters. The molecule has 170 valence electrons. The first-order valence-corrected chi connectivity index (χ1v) is 10.9. The fourth-order valence-corrected chi connectivity index (χ4v) is 4.42. The van der Waals surface area contributed by atoms with Crippen LogP contribution in [0.2, 0.25) is 0 Å². The highest BCUT2D eigenvalue weighted by molar-refractivity contribution is 5.88. The Morgan fingerprint density at radius 1 is 0.735 bits per heavy atom. The predicted octanol–water partition coefficient (Wildman–Crippen LogP) is 4.36. The summed E-state index contributed by atoms with van der Waals surface area (Å²) in [6, 6.07) is 20.6. The van der Waals surface area contributed by atoms with Crippen LogP contribution in [0.25, 0.3) is 21.8 Å². The van der Waals surface area contributed by atoms with Crippen molar-refractivity contribution < 1.29 is 14.9 Å². The molecule has 0 aliphatic rings. The van der Waals surface area contributed by atoms with E-state index in [1.54, 1.807) is 72.8 Å². The Morgan fingerprint density at radius 2 is 1.21 bits per heavy atom. The molecule has 0 aliphatic heterocycles. The first-order chi connectivity index (χ1) is 16.5. The molecule has 4 N–H and O–H groups in total. The van der Waals surface area contributed by atoms with Crippen LogP contribution < -0.4 is 15.9 Å². The summed E-state index contributed by atoms with van der Waals surface area (Å²) >= 11 is 0. The Morgan fingerprint density at radius 3 is 1.68 bits per heavy atom. The fourth-order valence-electron chi connectivity index (χ4n) is 4.42. The Kier molecular flexibility index (Phi) is 5.30. The molecule has 5 rings (SSSR count). The van der Waals surface area contributed by atoms with Crippen LogP contribution in [0.15, 0.2) is 82.4 Å². The minimum Gasteiger partial charge on any atom is -0.507 e. The Hall–Kier alpha value is -4.52. The number of ether oxygens (including phenoxy) is 1. The van der Waals surface area contributed by atoms with Gasteiger partial charge in [0.25, 0.3) is 11.1 Å². The molecule has 7 nitrogen and oxygen atoms in total. The van der Waals surface area contributed by atoms with E-state index in [9.17, 15) is 19.8 Å². The second kappa shape index (κ2) is 8.44. The molecular weight excluding hydrogens is 432 g/mol. The number of aromatic amines is 2. The van der Waals surface area contributed by atoms with E-state index in [1.807, 2.05) is 6.92 Å². The number of hydrogen-bond donors (Lipinski definition) is 4. The Balaban J connectivity index is 1.85. The van der Waals surface area contributed by atoms with Crippen LogP contribution in [-0.4, -0.2) is 26.8 Å². The van der Waals surface area contributed by atoms with Crippen LogP contribution in [0.5, 0.6) is 17.2 Å². The van der Waals surface area contributed by atoms with Crippen molar-refractivity contribution in [2.45, 2.75) is 12.8 Å². The van der Waals surface area contributed by atoms with Gasteiger partial charge in [-0.25, -0.2) is 0 Å². The zero-order valence-electron chi connectivity index (χ0n) is 18.3. The standard InChI is InChI=1S/C27H22N2O5/c1-2-34-16-13-11-15(12-14-16)21(22-24(30)17-7-3-5-9-19(17)28-26(22)32)23-25(31)18-8-4-6-10-20(18)29-27(23)33/h3-14,21H,2H2,1H3,(H2,28,30,32)(H2,29,31,33). The SMILES string of the molecule is CCOc1ccc(C(c2c(O)c3ccccc3[nH]c2=O)c2c(O)c3ccccc3[nH]c2=O)cc1. The summed E-state index contributed by atoms with van der Waals surface area (Å²) in [6.45, 7) is 2.36. The van der Waals surface area contributed by atoms with Crippen LogP contribution in [0.3, 0.4) is 0 Å². The molecule has 0 saturated heterocycles. The van der Waals surface area contributed by atoms with E-state index in [0.29, 0.717) is 39.7 Å². The normalized spacial score (nSPS) is 11.4. The number of aromatic nitrogens is 2. The summed E-state index contributed by atoms with van der Waals surface area (Å²) < 4.78 is 5.53. The van der Waals surface area contributed by atoms with Crippen LogP contribution in [-0.2, 0) is 0 Å². The molecule has 0 bridgehead atoms. The highest BCUT2D eigenvalue weighted by Crippen LogP contribution is 2.41.